The van der Waals surface area contributed by atoms with Gasteiger partial charge in [0.25, 0.3) is 5.91 Å². The molecule has 4 rings (SSSR count). The van der Waals surface area contributed by atoms with E-state index in [0.717, 1.165) is 22.7 Å². The Kier molecular flexibility index (Phi) is 4.34. The highest BCUT2D eigenvalue weighted by atomic mass is 79.9. The molecule has 2 N–H and O–H groups in total. The number of amides is 1. The molecule has 1 amide bonds. The van der Waals surface area contributed by atoms with E-state index in [1.54, 1.807) is 18.2 Å². The molecular weight excluding hydrogens is 420 g/mol. The number of furan rings is 1. The highest BCUT2D eigenvalue weighted by molar-refractivity contribution is 9.10. The van der Waals surface area contributed by atoms with Crippen molar-refractivity contribution in [2.24, 2.45) is 0 Å². The number of nitrogens with one attached hydrogen (secondary N) is 2. The van der Waals surface area contributed by atoms with Crippen molar-refractivity contribution in [3.63, 3.8) is 0 Å². The Morgan fingerprint density at radius 1 is 1.12 bits per heavy atom. The first kappa shape index (κ1) is 17.3. The van der Waals surface area contributed by atoms with Crippen LogP contribution >= 0.6 is 15.9 Å². The van der Waals surface area contributed by atoms with Gasteiger partial charge >= 0.3 is 0 Å². The van der Waals surface area contributed by atoms with Gasteiger partial charge in [0, 0.05) is 17.1 Å². The van der Waals surface area contributed by atoms with Crippen LogP contribution in [0.15, 0.2) is 62.3 Å². The fourth-order valence-corrected chi connectivity index (χ4v) is 4.37. The van der Waals surface area contributed by atoms with Crippen molar-refractivity contribution in [2.75, 3.05) is 5.32 Å². The van der Waals surface area contributed by atoms with Gasteiger partial charge < -0.3 is 9.73 Å². The zero-order chi connectivity index (χ0) is 18.3. The summed E-state index contributed by atoms with van der Waals surface area (Å²) in [6.07, 6.45) is 1.72. The molecule has 0 radical (unpaired) electrons. The predicted molar refractivity (Wildman–Crippen MR) is 102 cm³/mol. The minimum atomic E-state index is -3.58. The molecule has 134 valence electrons. The molecule has 6 nitrogen and oxygen atoms in total. The summed E-state index contributed by atoms with van der Waals surface area (Å²) < 4.78 is 33.6. The summed E-state index contributed by atoms with van der Waals surface area (Å²) in [7, 11) is -3.58. The van der Waals surface area contributed by atoms with E-state index in [1.165, 1.54) is 12.1 Å². The number of anilines is 1. The predicted octanol–water partition coefficient (Wildman–Crippen LogP) is 3.89. The van der Waals surface area contributed by atoms with E-state index >= 15 is 0 Å². The summed E-state index contributed by atoms with van der Waals surface area (Å²) in [5, 5.41) is 3.48. The lowest BCUT2D eigenvalue weighted by atomic mass is 10.2. The first-order chi connectivity index (χ1) is 12.4. The van der Waals surface area contributed by atoms with Crippen LogP contribution < -0.4 is 10.0 Å². The number of fused-ring (bicyclic) bond motifs is 1. The quantitative estimate of drug-likeness (QED) is 0.637. The summed E-state index contributed by atoms with van der Waals surface area (Å²) >= 11 is 3.38. The minimum Gasteiger partial charge on any atom is -0.450 e. The number of carbonyl (C=O) groups excluding carboxylic acids is 1. The van der Waals surface area contributed by atoms with Crippen LogP contribution in [0.4, 0.5) is 5.69 Å². The topological polar surface area (TPSA) is 88.4 Å². The van der Waals surface area contributed by atoms with Crippen molar-refractivity contribution in [3.05, 3.63) is 58.8 Å². The lowest BCUT2D eigenvalue weighted by molar-refractivity contribution is 0.0998. The van der Waals surface area contributed by atoms with E-state index < -0.39 is 15.9 Å². The summed E-state index contributed by atoms with van der Waals surface area (Å²) in [6, 6.07) is 13.3. The normalized spacial score (nSPS) is 14.5. The molecule has 0 atom stereocenters. The number of benzene rings is 2. The van der Waals surface area contributed by atoms with Gasteiger partial charge in [-0.05, 0) is 59.1 Å². The van der Waals surface area contributed by atoms with Crippen LogP contribution in [-0.2, 0) is 10.0 Å². The zero-order valence-electron chi connectivity index (χ0n) is 13.5. The van der Waals surface area contributed by atoms with Gasteiger partial charge in [-0.25, -0.2) is 13.1 Å². The second-order valence-corrected chi connectivity index (χ2v) is 8.71. The van der Waals surface area contributed by atoms with Crippen LogP contribution in [0.1, 0.15) is 23.4 Å². The Bertz CT molecular complexity index is 1100. The molecule has 8 heteroatoms. The smallest absolute Gasteiger partial charge is 0.291 e. The third-order valence-corrected chi connectivity index (χ3v) is 6.16. The van der Waals surface area contributed by atoms with E-state index in [-0.39, 0.29) is 16.7 Å². The van der Waals surface area contributed by atoms with Crippen LogP contribution in [-0.4, -0.2) is 20.4 Å². The highest BCUT2D eigenvalue weighted by Crippen LogP contribution is 2.28. The molecule has 1 heterocycles. The average Bonchev–Trinajstić information content (AvgIpc) is 3.28. The lowest BCUT2D eigenvalue weighted by Gasteiger charge is -2.08. The average molecular weight is 435 g/mol. The maximum Gasteiger partial charge on any atom is 0.291 e. The molecule has 1 saturated carbocycles. The highest BCUT2D eigenvalue weighted by Gasteiger charge is 2.28. The second-order valence-electron chi connectivity index (χ2n) is 6.15. The van der Waals surface area contributed by atoms with Gasteiger partial charge in [0.1, 0.15) is 5.58 Å². The minimum absolute atomic E-state index is 0.0206. The number of rotatable bonds is 5. The van der Waals surface area contributed by atoms with Gasteiger partial charge in [0.15, 0.2) is 5.76 Å². The number of hydrogen-bond acceptors (Lipinski definition) is 4. The van der Waals surface area contributed by atoms with E-state index in [9.17, 15) is 13.2 Å². The molecule has 1 aliphatic rings. The molecule has 26 heavy (non-hydrogen) atoms. The lowest BCUT2D eigenvalue weighted by Crippen LogP contribution is -2.25. The van der Waals surface area contributed by atoms with Gasteiger partial charge in [0.2, 0.25) is 10.0 Å². The molecule has 1 aliphatic carbocycles. The van der Waals surface area contributed by atoms with Crippen LogP contribution in [0, 0.1) is 0 Å². The van der Waals surface area contributed by atoms with Crippen molar-refractivity contribution >= 4 is 48.5 Å². The van der Waals surface area contributed by atoms with Gasteiger partial charge in [0.05, 0.1) is 9.37 Å². The van der Waals surface area contributed by atoms with Gasteiger partial charge in [-0.2, -0.15) is 0 Å². The number of sulfonamides is 1. The SMILES string of the molecule is O=C(Nc1cccc(S(=O)(=O)NC2CC2)c1)c1cc2cccc(Br)c2o1. The molecule has 0 unspecified atom stereocenters. The van der Waals surface area contributed by atoms with Gasteiger partial charge in [-0.15, -0.1) is 0 Å². The number of halogens is 1. The Morgan fingerprint density at radius 3 is 2.62 bits per heavy atom. The molecule has 0 bridgehead atoms. The van der Waals surface area contributed by atoms with E-state index in [4.69, 9.17) is 4.42 Å². The first-order valence-corrected chi connectivity index (χ1v) is 10.3. The molecule has 2 aromatic carbocycles. The van der Waals surface area contributed by atoms with Crippen molar-refractivity contribution in [1.29, 1.82) is 0 Å². The third kappa shape index (κ3) is 3.53. The summed E-state index contributed by atoms with van der Waals surface area (Å²) in [6.45, 7) is 0. The maximum absolute atomic E-state index is 12.5. The fraction of sp³-hybridized carbons (Fsp3) is 0.167. The Labute approximate surface area is 158 Å². The van der Waals surface area contributed by atoms with Crippen LogP contribution in [0.2, 0.25) is 0 Å². The Balaban J connectivity index is 1.57. The standard InChI is InChI=1S/C18H15BrN2O4S/c19-15-6-1-3-11-9-16(25-17(11)15)18(22)20-13-4-2-5-14(10-13)26(23,24)21-12-7-8-12/h1-6,9-10,12,21H,7-8H2,(H,20,22). The summed E-state index contributed by atoms with van der Waals surface area (Å²) in [5.41, 5.74) is 0.968. The largest absolute Gasteiger partial charge is 0.450 e. The second kappa shape index (κ2) is 6.53. The van der Waals surface area contributed by atoms with Crippen molar-refractivity contribution in [1.82, 2.24) is 4.72 Å². The van der Waals surface area contributed by atoms with Crippen LogP contribution in [0.3, 0.4) is 0 Å². The van der Waals surface area contributed by atoms with Crippen molar-refractivity contribution in [2.45, 2.75) is 23.8 Å². The first-order valence-electron chi connectivity index (χ1n) is 8.04. The third-order valence-electron chi connectivity index (χ3n) is 4.02. The zero-order valence-corrected chi connectivity index (χ0v) is 15.9. The van der Waals surface area contributed by atoms with Crippen molar-refractivity contribution in [3.8, 4) is 0 Å². The van der Waals surface area contributed by atoms with E-state index in [0.29, 0.717) is 11.3 Å². The van der Waals surface area contributed by atoms with E-state index in [2.05, 4.69) is 26.0 Å². The van der Waals surface area contributed by atoms with Crippen LogP contribution in [0.5, 0.6) is 0 Å². The van der Waals surface area contributed by atoms with Gasteiger partial charge in [-0.3, -0.25) is 4.79 Å². The molecule has 3 aromatic rings. The van der Waals surface area contributed by atoms with Gasteiger partial charge in [-0.1, -0.05) is 18.2 Å². The summed E-state index contributed by atoms with van der Waals surface area (Å²) in [5.74, 6) is -0.297. The van der Waals surface area contributed by atoms with Crippen LogP contribution in [0.25, 0.3) is 11.0 Å². The molecule has 0 spiro atoms. The monoisotopic (exact) mass is 434 g/mol. The molecule has 0 saturated heterocycles. The van der Waals surface area contributed by atoms with Crippen molar-refractivity contribution < 1.29 is 17.6 Å². The number of carbonyl (C=O) groups is 1. The molecular formula is C18H15BrN2O4S. The number of hydrogen-bond donors (Lipinski definition) is 2. The molecule has 1 fully saturated rings. The summed E-state index contributed by atoms with van der Waals surface area (Å²) in [4.78, 5) is 12.6. The van der Waals surface area contributed by atoms with E-state index in [1.807, 2.05) is 18.2 Å². The Hall–Kier alpha value is -2.16. The Morgan fingerprint density at radius 2 is 1.88 bits per heavy atom. The molecule has 0 aliphatic heterocycles. The molecule has 1 aromatic heterocycles. The maximum atomic E-state index is 12.5. The number of para-hydroxylation sites is 1. The fourth-order valence-electron chi connectivity index (χ4n) is 2.56.